The van der Waals surface area contributed by atoms with E-state index in [-0.39, 0.29) is 18.4 Å². The Morgan fingerprint density at radius 1 is 1.45 bits per heavy atom. The number of aromatic nitrogens is 2. The lowest BCUT2D eigenvalue weighted by Gasteiger charge is -2.30. The zero-order valence-electron chi connectivity index (χ0n) is 11.9. The second-order valence-electron chi connectivity index (χ2n) is 5.42. The quantitative estimate of drug-likeness (QED) is 0.901. The number of ether oxygens (including phenoxy) is 1. The maximum absolute atomic E-state index is 5.61. The van der Waals surface area contributed by atoms with Crippen LogP contribution in [0.1, 0.15) is 37.0 Å². The third kappa shape index (κ3) is 3.69. The van der Waals surface area contributed by atoms with E-state index in [4.69, 9.17) is 9.26 Å². The second kappa shape index (κ2) is 7.36. The van der Waals surface area contributed by atoms with Gasteiger partial charge >= 0.3 is 0 Å². The van der Waals surface area contributed by atoms with Crippen LogP contribution in [-0.2, 0) is 11.2 Å². The third-order valence-corrected chi connectivity index (χ3v) is 4.00. The number of hydrogen-bond donors (Lipinski definition) is 1. The number of nitrogens with zero attached hydrogens (tertiary/aromatic N) is 3. The number of aryl methyl sites for hydroxylation is 1. The fourth-order valence-corrected chi connectivity index (χ4v) is 2.76. The molecule has 2 saturated heterocycles. The Balaban J connectivity index is 0.00000147. The van der Waals surface area contributed by atoms with Gasteiger partial charge in [0.2, 0.25) is 5.89 Å². The van der Waals surface area contributed by atoms with Gasteiger partial charge in [-0.2, -0.15) is 4.98 Å². The highest BCUT2D eigenvalue weighted by Crippen LogP contribution is 2.20. The zero-order chi connectivity index (χ0) is 13.1. The topological polar surface area (TPSA) is 63.4 Å². The Bertz CT molecular complexity index is 409. The minimum atomic E-state index is 0. The normalized spacial score (nSPS) is 27.4. The molecule has 7 heteroatoms. The molecule has 6 nitrogen and oxygen atoms in total. The van der Waals surface area contributed by atoms with Gasteiger partial charge in [-0.05, 0) is 26.3 Å². The van der Waals surface area contributed by atoms with E-state index in [1.54, 1.807) is 0 Å². The number of rotatable bonds is 4. The first-order valence-electron chi connectivity index (χ1n) is 7.18. The highest BCUT2D eigenvalue weighted by atomic mass is 35.5. The van der Waals surface area contributed by atoms with E-state index in [9.17, 15) is 0 Å². The first-order valence-corrected chi connectivity index (χ1v) is 7.18. The minimum Gasteiger partial charge on any atom is -0.378 e. The largest absolute Gasteiger partial charge is 0.378 e. The zero-order valence-corrected chi connectivity index (χ0v) is 12.7. The molecule has 2 aliphatic rings. The monoisotopic (exact) mass is 302 g/mol. The van der Waals surface area contributed by atoms with Crippen LogP contribution < -0.4 is 5.32 Å². The minimum absolute atomic E-state index is 0. The van der Waals surface area contributed by atoms with Crippen molar-refractivity contribution in [1.82, 2.24) is 20.4 Å². The van der Waals surface area contributed by atoms with Gasteiger partial charge in [-0.1, -0.05) is 5.16 Å². The Hall–Kier alpha value is -0.690. The molecule has 3 heterocycles. The molecule has 0 amide bonds. The van der Waals surface area contributed by atoms with E-state index in [1.165, 1.54) is 6.42 Å². The summed E-state index contributed by atoms with van der Waals surface area (Å²) in [6.07, 6.45) is 4.53. The summed E-state index contributed by atoms with van der Waals surface area (Å²) in [6.45, 7) is 3.83. The first kappa shape index (κ1) is 15.7. The molecule has 0 radical (unpaired) electrons. The van der Waals surface area contributed by atoms with Gasteiger partial charge in [0.15, 0.2) is 5.82 Å². The van der Waals surface area contributed by atoms with E-state index in [0.717, 1.165) is 57.2 Å². The summed E-state index contributed by atoms with van der Waals surface area (Å²) in [4.78, 5) is 6.80. The van der Waals surface area contributed by atoms with Gasteiger partial charge in [-0.15, -0.1) is 12.4 Å². The van der Waals surface area contributed by atoms with Gasteiger partial charge in [-0.25, -0.2) is 0 Å². The maximum atomic E-state index is 5.61. The molecule has 1 aromatic rings. The van der Waals surface area contributed by atoms with Gasteiger partial charge in [0.1, 0.15) is 0 Å². The van der Waals surface area contributed by atoms with Crippen molar-refractivity contribution in [3.05, 3.63) is 11.7 Å². The number of nitrogens with one attached hydrogen (secondary N) is 1. The van der Waals surface area contributed by atoms with E-state index in [1.807, 2.05) is 0 Å². The van der Waals surface area contributed by atoms with Gasteiger partial charge < -0.3 is 14.6 Å². The van der Waals surface area contributed by atoms with Gasteiger partial charge in [0, 0.05) is 32.7 Å². The third-order valence-electron chi connectivity index (χ3n) is 4.00. The van der Waals surface area contributed by atoms with Crippen molar-refractivity contribution in [2.45, 2.75) is 37.8 Å². The van der Waals surface area contributed by atoms with Crippen LogP contribution in [0.15, 0.2) is 4.52 Å². The predicted octanol–water partition coefficient (Wildman–Crippen LogP) is 1.18. The van der Waals surface area contributed by atoms with Crippen molar-refractivity contribution in [2.24, 2.45) is 0 Å². The van der Waals surface area contributed by atoms with E-state index in [2.05, 4.69) is 27.4 Å². The molecule has 20 heavy (non-hydrogen) atoms. The Labute approximate surface area is 125 Å². The van der Waals surface area contributed by atoms with E-state index < -0.39 is 0 Å². The molecule has 1 aromatic heterocycles. The summed E-state index contributed by atoms with van der Waals surface area (Å²) < 4.78 is 11.0. The van der Waals surface area contributed by atoms with Crippen LogP contribution in [0.25, 0.3) is 0 Å². The standard InChI is InChI=1S/C13H22N4O2.ClH/c1-17-7-6-14-9-11(17)13-15-12(19-16-13)5-4-10-3-2-8-18-10;/h10-11,14H,2-9H2,1H3;1H. The van der Waals surface area contributed by atoms with Crippen molar-refractivity contribution in [3.8, 4) is 0 Å². The smallest absolute Gasteiger partial charge is 0.226 e. The SMILES string of the molecule is CN1CCNCC1c1noc(CCC2CCCO2)n1.Cl. The molecular formula is C13H23ClN4O2. The molecule has 1 N–H and O–H groups in total. The lowest BCUT2D eigenvalue weighted by Crippen LogP contribution is -2.44. The summed E-state index contributed by atoms with van der Waals surface area (Å²) in [6, 6.07) is 0.231. The molecule has 2 atom stereocenters. The average molecular weight is 303 g/mol. The highest BCUT2D eigenvalue weighted by Gasteiger charge is 2.25. The summed E-state index contributed by atoms with van der Waals surface area (Å²) >= 11 is 0. The molecule has 3 rings (SSSR count). The van der Waals surface area contributed by atoms with Crippen LogP contribution in [0, 0.1) is 0 Å². The van der Waals surface area contributed by atoms with Gasteiger partial charge in [0.05, 0.1) is 12.1 Å². The summed E-state index contributed by atoms with van der Waals surface area (Å²) in [7, 11) is 2.11. The van der Waals surface area contributed by atoms with Crippen LogP contribution in [0.3, 0.4) is 0 Å². The summed E-state index contributed by atoms with van der Waals surface area (Å²) in [5.74, 6) is 1.54. The lowest BCUT2D eigenvalue weighted by molar-refractivity contribution is 0.102. The average Bonchev–Trinajstić information content (AvgIpc) is 3.08. The number of halogens is 1. The molecule has 0 aliphatic carbocycles. The molecule has 0 bridgehead atoms. The van der Waals surface area contributed by atoms with Crippen LogP contribution in [-0.4, -0.2) is 54.4 Å². The van der Waals surface area contributed by atoms with Crippen molar-refractivity contribution in [1.29, 1.82) is 0 Å². The molecule has 0 saturated carbocycles. The van der Waals surface area contributed by atoms with Crippen molar-refractivity contribution in [2.75, 3.05) is 33.3 Å². The van der Waals surface area contributed by atoms with Crippen LogP contribution in [0.4, 0.5) is 0 Å². The lowest BCUT2D eigenvalue weighted by atomic mass is 10.1. The second-order valence-corrected chi connectivity index (χ2v) is 5.42. The number of likely N-dealkylation sites (N-methyl/N-ethyl adjacent to an activating group) is 1. The van der Waals surface area contributed by atoms with E-state index >= 15 is 0 Å². The van der Waals surface area contributed by atoms with Crippen LogP contribution >= 0.6 is 12.4 Å². The van der Waals surface area contributed by atoms with Crippen molar-refractivity contribution in [3.63, 3.8) is 0 Å². The highest BCUT2D eigenvalue weighted by molar-refractivity contribution is 5.85. The molecule has 2 unspecified atom stereocenters. The first-order chi connectivity index (χ1) is 9.33. The molecule has 0 spiro atoms. The Kier molecular flexibility index (Phi) is 5.77. The Morgan fingerprint density at radius 2 is 2.35 bits per heavy atom. The van der Waals surface area contributed by atoms with Gasteiger partial charge in [-0.3, -0.25) is 4.90 Å². The maximum Gasteiger partial charge on any atom is 0.226 e. The van der Waals surface area contributed by atoms with Crippen LogP contribution in [0.5, 0.6) is 0 Å². The molecular weight excluding hydrogens is 280 g/mol. The summed E-state index contributed by atoms with van der Waals surface area (Å²) in [5, 5.41) is 7.49. The number of hydrogen-bond acceptors (Lipinski definition) is 6. The molecule has 2 fully saturated rings. The van der Waals surface area contributed by atoms with Crippen molar-refractivity contribution >= 4 is 12.4 Å². The number of piperazine rings is 1. The Morgan fingerprint density at radius 3 is 3.10 bits per heavy atom. The molecule has 0 aromatic carbocycles. The van der Waals surface area contributed by atoms with Crippen molar-refractivity contribution < 1.29 is 9.26 Å². The fraction of sp³-hybridized carbons (Fsp3) is 0.846. The molecule has 114 valence electrons. The fourth-order valence-electron chi connectivity index (χ4n) is 2.76. The molecule has 2 aliphatic heterocycles. The van der Waals surface area contributed by atoms with E-state index in [0.29, 0.717) is 6.10 Å². The van der Waals surface area contributed by atoms with Gasteiger partial charge in [0.25, 0.3) is 0 Å². The van der Waals surface area contributed by atoms with Crippen LogP contribution in [0.2, 0.25) is 0 Å². The summed E-state index contributed by atoms with van der Waals surface area (Å²) in [5.41, 5.74) is 0. The predicted molar refractivity (Wildman–Crippen MR) is 77.1 cm³/mol.